The molecule has 0 radical (unpaired) electrons. The van der Waals surface area contributed by atoms with Gasteiger partial charge < -0.3 is 11.1 Å². The average Bonchev–Trinajstić information content (AvgIpc) is 2.59. The van der Waals surface area contributed by atoms with E-state index in [1.54, 1.807) is 12.1 Å². The number of hydrogen-bond acceptors (Lipinski definition) is 4. The molecule has 0 spiro atoms. The fourth-order valence-electron chi connectivity index (χ4n) is 2.64. The number of hydrogen-bond donors (Lipinski definition) is 2. The highest BCUT2D eigenvalue weighted by Gasteiger charge is 2.17. The number of benzene rings is 1. The molecule has 0 unspecified atom stereocenters. The lowest BCUT2D eigenvalue weighted by atomic mass is 10.1. The first-order valence-electron chi connectivity index (χ1n) is 6.83. The summed E-state index contributed by atoms with van der Waals surface area (Å²) < 4.78 is 23.3. The van der Waals surface area contributed by atoms with Crippen LogP contribution in [-0.4, -0.2) is 20.7 Å². The Bertz CT molecular complexity index is 532. The van der Waals surface area contributed by atoms with Crippen molar-refractivity contribution < 1.29 is 8.42 Å². The Morgan fingerprint density at radius 2 is 1.79 bits per heavy atom. The molecule has 106 valence electrons. The van der Waals surface area contributed by atoms with Crippen LogP contribution < -0.4 is 11.1 Å². The molecule has 0 aliphatic heterocycles. The Kier molecular flexibility index (Phi) is 4.34. The van der Waals surface area contributed by atoms with Crippen molar-refractivity contribution in [3.8, 4) is 0 Å². The van der Waals surface area contributed by atoms with E-state index in [-0.39, 0.29) is 4.90 Å². The fourth-order valence-corrected chi connectivity index (χ4v) is 3.47. The van der Waals surface area contributed by atoms with Crippen LogP contribution in [0.5, 0.6) is 0 Å². The number of para-hydroxylation sites is 1. The maximum absolute atomic E-state index is 11.6. The monoisotopic (exact) mass is 282 g/mol. The van der Waals surface area contributed by atoms with Crippen LogP contribution >= 0.6 is 0 Å². The molecule has 2 rings (SSSR count). The van der Waals surface area contributed by atoms with Crippen LogP contribution in [-0.2, 0) is 9.84 Å². The highest BCUT2D eigenvalue weighted by molar-refractivity contribution is 7.90. The molecular formula is C14H22N2O2S. The van der Waals surface area contributed by atoms with Crippen LogP contribution in [0.2, 0.25) is 0 Å². The molecule has 1 aliphatic carbocycles. The van der Waals surface area contributed by atoms with E-state index in [0.29, 0.717) is 11.7 Å². The quantitative estimate of drug-likeness (QED) is 0.660. The molecule has 3 N–H and O–H groups in total. The van der Waals surface area contributed by atoms with E-state index in [4.69, 9.17) is 5.73 Å². The maximum Gasteiger partial charge on any atom is 0.177 e. The second kappa shape index (κ2) is 5.82. The second-order valence-electron chi connectivity index (χ2n) is 5.32. The van der Waals surface area contributed by atoms with Crippen LogP contribution in [0.3, 0.4) is 0 Å². The first-order valence-corrected chi connectivity index (χ1v) is 8.72. The summed E-state index contributed by atoms with van der Waals surface area (Å²) in [5, 5.41) is 3.41. The molecule has 1 aromatic carbocycles. The van der Waals surface area contributed by atoms with Gasteiger partial charge in [0.1, 0.15) is 0 Å². The SMILES string of the molecule is CS(=O)(=O)c1cccc(NC2CCCCCC2)c1N. The van der Waals surface area contributed by atoms with Gasteiger partial charge in [0.25, 0.3) is 0 Å². The molecule has 5 heteroatoms. The molecule has 1 saturated carbocycles. The van der Waals surface area contributed by atoms with Crippen LogP contribution in [0.4, 0.5) is 11.4 Å². The highest BCUT2D eigenvalue weighted by Crippen LogP contribution is 2.29. The van der Waals surface area contributed by atoms with E-state index in [9.17, 15) is 8.42 Å². The van der Waals surface area contributed by atoms with Crippen molar-refractivity contribution in [2.75, 3.05) is 17.3 Å². The van der Waals surface area contributed by atoms with Crippen LogP contribution in [0.1, 0.15) is 38.5 Å². The summed E-state index contributed by atoms with van der Waals surface area (Å²) in [7, 11) is -3.27. The van der Waals surface area contributed by atoms with Gasteiger partial charge in [0.2, 0.25) is 0 Å². The Labute approximate surface area is 115 Å². The van der Waals surface area contributed by atoms with Gasteiger partial charge in [0.15, 0.2) is 9.84 Å². The summed E-state index contributed by atoms with van der Waals surface area (Å²) in [5.74, 6) is 0. The van der Waals surface area contributed by atoms with E-state index in [0.717, 1.165) is 18.5 Å². The summed E-state index contributed by atoms with van der Waals surface area (Å²) in [6.07, 6.45) is 8.47. The van der Waals surface area contributed by atoms with Crippen molar-refractivity contribution >= 4 is 21.2 Å². The highest BCUT2D eigenvalue weighted by atomic mass is 32.2. The molecule has 1 aliphatic rings. The third-order valence-electron chi connectivity index (χ3n) is 3.68. The Morgan fingerprint density at radius 1 is 1.16 bits per heavy atom. The Balaban J connectivity index is 2.21. The van der Waals surface area contributed by atoms with Gasteiger partial charge in [-0.2, -0.15) is 0 Å². The molecule has 19 heavy (non-hydrogen) atoms. The number of nitrogens with two attached hydrogens (primary N) is 1. The molecule has 1 fully saturated rings. The molecule has 0 saturated heterocycles. The molecule has 0 bridgehead atoms. The van der Waals surface area contributed by atoms with E-state index < -0.39 is 9.84 Å². The van der Waals surface area contributed by atoms with Crippen LogP contribution in [0.15, 0.2) is 23.1 Å². The molecule has 0 aromatic heterocycles. The van der Waals surface area contributed by atoms with Gasteiger partial charge in [-0.3, -0.25) is 0 Å². The summed E-state index contributed by atoms with van der Waals surface area (Å²) in [5.41, 5.74) is 7.07. The number of sulfone groups is 1. The summed E-state index contributed by atoms with van der Waals surface area (Å²) >= 11 is 0. The number of nitrogen functional groups attached to an aromatic ring is 1. The van der Waals surface area contributed by atoms with Gasteiger partial charge in [0, 0.05) is 12.3 Å². The van der Waals surface area contributed by atoms with Gasteiger partial charge in [-0.25, -0.2) is 8.42 Å². The zero-order valence-electron chi connectivity index (χ0n) is 11.4. The second-order valence-corrected chi connectivity index (χ2v) is 7.31. The lowest BCUT2D eigenvalue weighted by Crippen LogP contribution is -2.19. The minimum Gasteiger partial charge on any atom is -0.396 e. The van der Waals surface area contributed by atoms with E-state index in [2.05, 4.69) is 5.32 Å². The van der Waals surface area contributed by atoms with Gasteiger partial charge in [0.05, 0.1) is 16.3 Å². The van der Waals surface area contributed by atoms with Gasteiger partial charge >= 0.3 is 0 Å². The normalized spacial score (nSPS) is 17.9. The molecular weight excluding hydrogens is 260 g/mol. The number of anilines is 2. The van der Waals surface area contributed by atoms with Crippen LogP contribution in [0, 0.1) is 0 Å². The van der Waals surface area contributed by atoms with E-state index in [1.807, 2.05) is 6.07 Å². The summed E-state index contributed by atoms with van der Waals surface area (Å²) in [6.45, 7) is 0. The van der Waals surface area contributed by atoms with E-state index in [1.165, 1.54) is 31.9 Å². The van der Waals surface area contributed by atoms with Crippen molar-refractivity contribution in [2.24, 2.45) is 0 Å². The zero-order valence-corrected chi connectivity index (χ0v) is 12.2. The first kappa shape index (κ1) is 14.2. The summed E-state index contributed by atoms with van der Waals surface area (Å²) in [4.78, 5) is 0.214. The third-order valence-corrected chi connectivity index (χ3v) is 4.84. The number of nitrogens with one attached hydrogen (secondary N) is 1. The maximum atomic E-state index is 11.6. The van der Waals surface area contributed by atoms with Gasteiger partial charge in [-0.05, 0) is 25.0 Å². The predicted octanol–water partition coefficient (Wildman–Crippen LogP) is 2.81. The van der Waals surface area contributed by atoms with Crippen molar-refractivity contribution in [2.45, 2.75) is 49.5 Å². The smallest absolute Gasteiger partial charge is 0.177 e. The van der Waals surface area contributed by atoms with Crippen LogP contribution in [0.25, 0.3) is 0 Å². The fraction of sp³-hybridized carbons (Fsp3) is 0.571. The summed E-state index contributed by atoms with van der Waals surface area (Å²) in [6, 6.07) is 5.56. The first-order chi connectivity index (χ1) is 8.98. The van der Waals surface area contributed by atoms with Crippen molar-refractivity contribution in [3.63, 3.8) is 0 Å². The molecule has 0 amide bonds. The van der Waals surface area contributed by atoms with E-state index >= 15 is 0 Å². The minimum absolute atomic E-state index is 0.214. The topological polar surface area (TPSA) is 72.2 Å². The minimum atomic E-state index is -3.27. The Morgan fingerprint density at radius 3 is 2.37 bits per heavy atom. The van der Waals surface area contributed by atoms with Crippen molar-refractivity contribution in [3.05, 3.63) is 18.2 Å². The lowest BCUT2D eigenvalue weighted by Gasteiger charge is -2.20. The Hall–Kier alpha value is -1.23. The van der Waals surface area contributed by atoms with Gasteiger partial charge in [-0.1, -0.05) is 31.7 Å². The average molecular weight is 282 g/mol. The molecule has 4 nitrogen and oxygen atoms in total. The number of rotatable bonds is 3. The van der Waals surface area contributed by atoms with Crippen molar-refractivity contribution in [1.82, 2.24) is 0 Å². The molecule has 0 heterocycles. The van der Waals surface area contributed by atoms with Gasteiger partial charge in [-0.15, -0.1) is 0 Å². The van der Waals surface area contributed by atoms with Crippen molar-refractivity contribution in [1.29, 1.82) is 0 Å². The zero-order chi connectivity index (χ0) is 13.9. The lowest BCUT2D eigenvalue weighted by molar-refractivity contribution is 0.602. The molecule has 0 atom stereocenters. The standard InChI is InChI=1S/C14H22N2O2S/c1-19(17,18)13-10-6-9-12(14(13)15)16-11-7-4-2-3-5-8-11/h6,9-11,16H,2-5,7-8,15H2,1H3. The third kappa shape index (κ3) is 3.62. The largest absolute Gasteiger partial charge is 0.396 e. The predicted molar refractivity (Wildman–Crippen MR) is 79.1 cm³/mol. The molecule has 1 aromatic rings.